The van der Waals surface area contributed by atoms with E-state index in [1.807, 2.05) is 19.1 Å². The molecule has 11 heavy (non-hydrogen) atoms. The van der Waals surface area contributed by atoms with Crippen molar-refractivity contribution in [1.29, 1.82) is 0 Å². The molecule has 0 fully saturated rings. The molecule has 0 spiro atoms. The highest BCUT2D eigenvalue weighted by Gasteiger charge is 1.89. The molecule has 1 N–H and O–H groups in total. The number of benzene rings is 1. The van der Waals surface area contributed by atoms with E-state index in [4.69, 9.17) is 12.2 Å². The van der Waals surface area contributed by atoms with E-state index in [9.17, 15) is 0 Å². The van der Waals surface area contributed by atoms with E-state index in [2.05, 4.69) is 24.4 Å². The molecule has 0 radical (unpaired) electrons. The maximum absolute atomic E-state index is 4.90. The monoisotopic (exact) mass is 165 g/mol. The van der Waals surface area contributed by atoms with Crippen molar-refractivity contribution >= 4 is 22.9 Å². The third-order valence-corrected chi connectivity index (χ3v) is 1.47. The Hall–Kier alpha value is -0.890. The Bertz CT molecular complexity index is 251. The summed E-state index contributed by atoms with van der Waals surface area (Å²) in [6.07, 6.45) is 0. The topological polar surface area (TPSA) is 12.0 Å². The predicted molar refractivity (Wildman–Crippen MR) is 53.1 cm³/mol. The molecule has 0 atom stereocenters. The first kappa shape index (κ1) is 8.21. The number of anilines is 1. The first-order chi connectivity index (χ1) is 5.18. The molecule has 0 amide bonds. The first-order valence-electron chi connectivity index (χ1n) is 3.53. The van der Waals surface area contributed by atoms with Crippen LogP contribution in [0.15, 0.2) is 24.3 Å². The number of aryl methyl sites for hydroxylation is 1. The maximum Gasteiger partial charge on any atom is 0.0765 e. The van der Waals surface area contributed by atoms with Gasteiger partial charge >= 0.3 is 0 Å². The molecular formula is C9H11NS. The second-order valence-corrected chi connectivity index (χ2v) is 3.16. The molecule has 0 aromatic heterocycles. The Kier molecular flexibility index (Phi) is 2.60. The van der Waals surface area contributed by atoms with Crippen molar-refractivity contribution in [2.75, 3.05) is 5.32 Å². The van der Waals surface area contributed by atoms with Gasteiger partial charge < -0.3 is 5.32 Å². The average molecular weight is 165 g/mol. The molecule has 0 aliphatic heterocycles. The fraction of sp³-hybridized carbons (Fsp3) is 0.222. The Labute approximate surface area is 72.4 Å². The van der Waals surface area contributed by atoms with Gasteiger partial charge in [-0.1, -0.05) is 29.9 Å². The number of thiocarbonyl (C=S) groups is 1. The molecule has 1 rings (SSSR count). The lowest BCUT2D eigenvalue weighted by Gasteiger charge is -2.02. The highest BCUT2D eigenvalue weighted by Crippen LogP contribution is 2.08. The van der Waals surface area contributed by atoms with Crippen molar-refractivity contribution in [3.63, 3.8) is 0 Å². The molecule has 0 bridgehead atoms. The molecule has 58 valence electrons. The molecule has 0 unspecified atom stereocenters. The van der Waals surface area contributed by atoms with Crippen molar-refractivity contribution in [2.45, 2.75) is 13.8 Å². The highest BCUT2D eigenvalue weighted by molar-refractivity contribution is 7.80. The van der Waals surface area contributed by atoms with Crippen LogP contribution in [-0.2, 0) is 0 Å². The fourth-order valence-corrected chi connectivity index (χ4v) is 0.958. The van der Waals surface area contributed by atoms with E-state index in [0.717, 1.165) is 10.7 Å². The summed E-state index contributed by atoms with van der Waals surface area (Å²) in [5.74, 6) is 0. The zero-order valence-electron chi connectivity index (χ0n) is 6.72. The lowest BCUT2D eigenvalue weighted by atomic mass is 10.2. The van der Waals surface area contributed by atoms with Crippen molar-refractivity contribution in [3.05, 3.63) is 29.8 Å². The maximum atomic E-state index is 4.90. The van der Waals surface area contributed by atoms with Crippen molar-refractivity contribution in [1.82, 2.24) is 0 Å². The normalized spacial score (nSPS) is 9.27. The zero-order valence-corrected chi connectivity index (χ0v) is 7.53. The van der Waals surface area contributed by atoms with Crippen LogP contribution < -0.4 is 5.32 Å². The van der Waals surface area contributed by atoms with Crippen LogP contribution in [0.25, 0.3) is 0 Å². The molecule has 0 aliphatic carbocycles. The SMILES string of the molecule is CC(=S)Nc1ccc(C)cc1. The van der Waals surface area contributed by atoms with Crippen molar-refractivity contribution in [3.8, 4) is 0 Å². The second-order valence-electron chi connectivity index (χ2n) is 2.55. The van der Waals surface area contributed by atoms with Gasteiger partial charge in [0.15, 0.2) is 0 Å². The lowest BCUT2D eigenvalue weighted by molar-refractivity contribution is 1.47. The van der Waals surface area contributed by atoms with E-state index in [1.54, 1.807) is 0 Å². The standard InChI is InChI=1S/C9H11NS/c1-7-3-5-9(6-4-7)10-8(2)11/h3-6H,1-2H3,(H,10,11). The minimum Gasteiger partial charge on any atom is -0.350 e. The van der Waals surface area contributed by atoms with Crippen molar-refractivity contribution < 1.29 is 0 Å². The quantitative estimate of drug-likeness (QED) is 0.642. The summed E-state index contributed by atoms with van der Waals surface area (Å²) >= 11 is 4.90. The molecule has 1 nitrogen and oxygen atoms in total. The van der Waals surface area contributed by atoms with E-state index >= 15 is 0 Å². The second kappa shape index (κ2) is 3.49. The van der Waals surface area contributed by atoms with Crippen LogP contribution in [0.2, 0.25) is 0 Å². The highest BCUT2D eigenvalue weighted by atomic mass is 32.1. The Morgan fingerprint density at radius 1 is 1.27 bits per heavy atom. The van der Waals surface area contributed by atoms with Crippen LogP contribution in [0, 0.1) is 6.92 Å². The molecule has 0 heterocycles. The number of hydrogen-bond donors (Lipinski definition) is 1. The predicted octanol–water partition coefficient (Wildman–Crippen LogP) is 2.75. The van der Waals surface area contributed by atoms with Crippen LogP contribution in [0.4, 0.5) is 5.69 Å². The van der Waals surface area contributed by atoms with Gasteiger partial charge in [0, 0.05) is 5.69 Å². The number of nitrogens with one attached hydrogen (secondary N) is 1. The first-order valence-corrected chi connectivity index (χ1v) is 3.93. The van der Waals surface area contributed by atoms with Gasteiger partial charge in [0.25, 0.3) is 0 Å². The van der Waals surface area contributed by atoms with Gasteiger partial charge in [-0.25, -0.2) is 0 Å². The van der Waals surface area contributed by atoms with Gasteiger partial charge in [-0.15, -0.1) is 0 Å². The van der Waals surface area contributed by atoms with E-state index in [-0.39, 0.29) is 0 Å². The zero-order chi connectivity index (χ0) is 8.27. The van der Waals surface area contributed by atoms with E-state index in [1.165, 1.54) is 5.56 Å². The summed E-state index contributed by atoms with van der Waals surface area (Å²) in [5.41, 5.74) is 2.32. The average Bonchev–Trinajstić information content (AvgIpc) is 1.93. The summed E-state index contributed by atoms with van der Waals surface area (Å²) < 4.78 is 0. The molecule has 1 aromatic carbocycles. The number of hydrogen-bond acceptors (Lipinski definition) is 1. The molecule has 0 aliphatic rings. The van der Waals surface area contributed by atoms with E-state index < -0.39 is 0 Å². The molecule has 0 saturated carbocycles. The molecule has 2 heteroatoms. The molecular weight excluding hydrogens is 154 g/mol. The largest absolute Gasteiger partial charge is 0.350 e. The Morgan fingerprint density at radius 2 is 1.82 bits per heavy atom. The minimum absolute atomic E-state index is 0.800. The van der Waals surface area contributed by atoms with Gasteiger partial charge in [-0.3, -0.25) is 0 Å². The smallest absolute Gasteiger partial charge is 0.0765 e. The van der Waals surface area contributed by atoms with Crippen LogP contribution in [0.5, 0.6) is 0 Å². The van der Waals surface area contributed by atoms with E-state index in [0.29, 0.717) is 0 Å². The number of rotatable bonds is 1. The third-order valence-electron chi connectivity index (χ3n) is 1.37. The summed E-state index contributed by atoms with van der Waals surface area (Å²) in [6.45, 7) is 3.93. The molecule has 1 aromatic rings. The van der Waals surface area contributed by atoms with Gasteiger partial charge in [0.1, 0.15) is 0 Å². The molecule has 0 saturated heterocycles. The van der Waals surface area contributed by atoms with Gasteiger partial charge in [0.2, 0.25) is 0 Å². The Balaban J connectivity index is 2.74. The lowest BCUT2D eigenvalue weighted by Crippen LogP contribution is -2.02. The third kappa shape index (κ3) is 2.68. The fourth-order valence-electron chi connectivity index (χ4n) is 0.840. The van der Waals surface area contributed by atoms with Crippen LogP contribution >= 0.6 is 12.2 Å². The van der Waals surface area contributed by atoms with Gasteiger partial charge in [0.05, 0.1) is 4.99 Å². The van der Waals surface area contributed by atoms with Gasteiger partial charge in [-0.2, -0.15) is 0 Å². The summed E-state index contributed by atoms with van der Waals surface area (Å²) in [4.78, 5) is 0.800. The van der Waals surface area contributed by atoms with Crippen molar-refractivity contribution in [2.24, 2.45) is 0 Å². The summed E-state index contributed by atoms with van der Waals surface area (Å²) in [5, 5.41) is 3.06. The van der Waals surface area contributed by atoms with Crippen LogP contribution in [0.3, 0.4) is 0 Å². The van der Waals surface area contributed by atoms with Crippen LogP contribution in [-0.4, -0.2) is 4.99 Å². The van der Waals surface area contributed by atoms with Gasteiger partial charge in [-0.05, 0) is 26.0 Å². The van der Waals surface area contributed by atoms with Crippen LogP contribution in [0.1, 0.15) is 12.5 Å². The summed E-state index contributed by atoms with van der Waals surface area (Å²) in [6, 6.07) is 8.15. The summed E-state index contributed by atoms with van der Waals surface area (Å²) in [7, 11) is 0. The Morgan fingerprint density at radius 3 is 2.27 bits per heavy atom. The minimum atomic E-state index is 0.800.